The lowest BCUT2D eigenvalue weighted by Crippen LogP contribution is -2.39. The van der Waals surface area contributed by atoms with Crippen LogP contribution in [0.4, 0.5) is 23.7 Å². The number of hydrogen-bond donors (Lipinski definition) is 1. The Labute approximate surface area is 119 Å². The molecule has 0 fully saturated rings. The third-order valence-electron chi connectivity index (χ3n) is 2.54. The summed E-state index contributed by atoms with van der Waals surface area (Å²) in [6.07, 6.45) is -6.66. The highest BCUT2D eigenvalue weighted by molar-refractivity contribution is 5.89. The Morgan fingerprint density at radius 3 is 2.57 bits per heavy atom. The second-order valence-electron chi connectivity index (χ2n) is 4.15. The number of aldehydes is 1. The first-order chi connectivity index (χ1) is 9.81. The van der Waals surface area contributed by atoms with Crippen molar-refractivity contribution in [1.29, 1.82) is 0 Å². The highest BCUT2D eigenvalue weighted by Crippen LogP contribution is 2.36. The number of alkyl halides is 3. The van der Waals surface area contributed by atoms with E-state index in [4.69, 9.17) is 5.73 Å². The number of nitrogens with two attached hydrogens (primary N) is 1. The quantitative estimate of drug-likeness (QED) is 0.670. The molecule has 1 aromatic rings. The molecule has 1 rings (SSSR count). The van der Waals surface area contributed by atoms with Crippen molar-refractivity contribution in [3.8, 4) is 0 Å². The first kappa shape index (κ1) is 17.0. The molecule has 0 spiro atoms. The summed E-state index contributed by atoms with van der Waals surface area (Å²) in [4.78, 5) is 23.1. The standard InChI is InChI=1S/C13H15F3N2O3/c1-2-7-18(12(20)21-11(17)8-19)10-6-4-3-5-9(10)13(14,15)16/h3-6,8,11H,2,7,17H2,1H3. The number of ether oxygens (including phenoxy) is 1. The number of para-hydroxylation sites is 1. The van der Waals surface area contributed by atoms with E-state index < -0.39 is 24.1 Å². The van der Waals surface area contributed by atoms with Crippen LogP contribution in [0.2, 0.25) is 0 Å². The van der Waals surface area contributed by atoms with Crippen LogP contribution in [0.1, 0.15) is 18.9 Å². The van der Waals surface area contributed by atoms with Crippen LogP contribution in [0.15, 0.2) is 24.3 Å². The molecule has 5 nitrogen and oxygen atoms in total. The van der Waals surface area contributed by atoms with Crippen LogP contribution >= 0.6 is 0 Å². The Balaban J connectivity index is 3.17. The van der Waals surface area contributed by atoms with Gasteiger partial charge < -0.3 is 4.74 Å². The topological polar surface area (TPSA) is 72.6 Å². The molecule has 1 aromatic carbocycles. The smallest absolute Gasteiger partial charge is 0.418 e. The van der Waals surface area contributed by atoms with Gasteiger partial charge in [0.2, 0.25) is 6.23 Å². The van der Waals surface area contributed by atoms with Gasteiger partial charge in [-0.25, -0.2) is 4.79 Å². The predicted octanol–water partition coefficient (Wildman–Crippen LogP) is 2.54. The fourth-order valence-electron chi connectivity index (χ4n) is 1.69. The average molecular weight is 304 g/mol. The van der Waals surface area contributed by atoms with Gasteiger partial charge in [0.1, 0.15) is 0 Å². The molecule has 21 heavy (non-hydrogen) atoms. The molecule has 0 aliphatic heterocycles. The summed E-state index contributed by atoms with van der Waals surface area (Å²) in [6, 6.07) is 4.62. The lowest BCUT2D eigenvalue weighted by Gasteiger charge is -2.25. The van der Waals surface area contributed by atoms with Crippen molar-refractivity contribution in [2.45, 2.75) is 25.7 Å². The molecular formula is C13H15F3N2O3. The van der Waals surface area contributed by atoms with Crippen molar-refractivity contribution in [3.63, 3.8) is 0 Å². The second-order valence-corrected chi connectivity index (χ2v) is 4.15. The molecule has 0 heterocycles. The van der Waals surface area contributed by atoms with Crippen molar-refractivity contribution in [2.24, 2.45) is 5.73 Å². The number of carbonyl (C=O) groups excluding carboxylic acids is 2. The van der Waals surface area contributed by atoms with Gasteiger partial charge in [-0.3, -0.25) is 15.4 Å². The summed E-state index contributed by atoms with van der Waals surface area (Å²) in [6.45, 7) is 1.69. The van der Waals surface area contributed by atoms with Gasteiger partial charge in [0, 0.05) is 6.54 Å². The van der Waals surface area contributed by atoms with E-state index in [-0.39, 0.29) is 18.5 Å². The first-order valence-corrected chi connectivity index (χ1v) is 6.16. The summed E-state index contributed by atoms with van der Waals surface area (Å²) in [7, 11) is 0. The molecule has 0 bridgehead atoms. The van der Waals surface area contributed by atoms with Crippen LogP contribution in [-0.4, -0.2) is 25.2 Å². The van der Waals surface area contributed by atoms with E-state index in [2.05, 4.69) is 4.74 Å². The zero-order valence-electron chi connectivity index (χ0n) is 11.3. The van der Waals surface area contributed by atoms with Gasteiger partial charge in [-0.1, -0.05) is 19.1 Å². The number of anilines is 1. The van der Waals surface area contributed by atoms with E-state index in [9.17, 15) is 22.8 Å². The predicted molar refractivity (Wildman–Crippen MR) is 69.6 cm³/mol. The Morgan fingerprint density at radius 2 is 2.05 bits per heavy atom. The van der Waals surface area contributed by atoms with Gasteiger partial charge in [0.15, 0.2) is 6.29 Å². The van der Waals surface area contributed by atoms with E-state index >= 15 is 0 Å². The molecule has 1 atom stereocenters. The minimum absolute atomic E-state index is 0.00248. The van der Waals surface area contributed by atoms with Crippen LogP contribution in [0.25, 0.3) is 0 Å². The third kappa shape index (κ3) is 4.45. The van der Waals surface area contributed by atoms with Crippen molar-refractivity contribution in [2.75, 3.05) is 11.4 Å². The monoisotopic (exact) mass is 304 g/mol. The van der Waals surface area contributed by atoms with E-state index in [0.29, 0.717) is 6.42 Å². The number of hydrogen-bond acceptors (Lipinski definition) is 4. The minimum Gasteiger partial charge on any atom is -0.423 e. The first-order valence-electron chi connectivity index (χ1n) is 6.16. The molecule has 2 N–H and O–H groups in total. The molecule has 0 radical (unpaired) electrons. The summed E-state index contributed by atoms with van der Waals surface area (Å²) in [5, 5.41) is 0. The van der Waals surface area contributed by atoms with E-state index in [0.717, 1.165) is 17.0 Å². The number of halogens is 3. The summed E-state index contributed by atoms with van der Waals surface area (Å²) in [5.74, 6) is 0. The average Bonchev–Trinajstić information content (AvgIpc) is 2.43. The Kier molecular flexibility index (Phi) is 5.71. The van der Waals surface area contributed by atoms with Crippen molar-refractivity contribution in [3.05, 3.63) is 29.8 Å². The highest BCUT2D eigenvalue weighted by atomic mass is 19.4. The fraction of sp³-hybridized carbons (Fsp3) is 0.385. The number of benzene rings is 1. The largest absolute Gasteiger partial charge is 0.423 e. The van der Waals surface area contributed by atoms with Crippen LogP contribution in [-0.2, 0) is 15.7 Å². The number of nitrogens with zero attached hydrogens (tertiary/aromatic N) is 1. The SMILES string of the molecule is CCCN(C(=O)OC(N)C=O)c1ccccc1C(F)(F)F. The molecule has 8 heteroatoms. The summed E-state index contributed by atoms with van der Waals surface area (Å²) in [5.41, 5.74) is 3.85. The molecule has 0 saturated heterocycles. The molecule has 0 saturated carbocycles. The van der Waals surface area contributed by atoms with Crippen LogP contribution in [0.3, 0.4) is 0 Å². The maximum Gasteiger partial charge on any atom is 0.418 e. The van der Waals surface area contributed by atoms with Crippen molar-refractivity contribution in [1.82, 2.24) is 0 Å². The lowest BCUT2D eigenvalue weighted by atomic mass is 10.1. The molecule has 1 amide bonds. The van der Waals surface area contributed by atoms with Crippen LogP contribution in [0.5, 0.6) is 0 Å². The summed E-state index contributed by atoms with van der Waals surface area (Å²) < 4.78 is 43.5. The van der Waals surface area contributed by atoms with Gasteiger partial charge in [0.25, 0.3) is 0 Å². The maximum atomic E-state index is 13.0. The van der Waals surface area contributed by atoms with Crippen LogP contribution in [0, 0.1) is 0 Å². The highest BCUT2D eigenvalue weighted by Gasteiger charge is 2.36. The van der Waals surface area contributed by atoms with Gasteiger partial charge >= 0.3 is 12.3 Å². The maximum absolute atomic E-state index is 13.0. The van der Waals surface area contributed by atoms with Crippen molar-refractivity contribution >= 4 is 18.1 Å². The Hall–Kier alpha value is -2.09. The Morgan fingerprint density at radius 1 is 1.43 bits per heavy atom. The molecule has 0 aliphatic rings. The van der Waals surface area contributed by atoms with E-state index in [1.807, 2.05) is 0 Å². The van der Waals surface area contributed by atoms with E-state index in [1.54, 1.807) is 6.92 Å². The Bertz CT molecular complexity index is 506. The molecule has 1 unspecified atom stereocenters. The minimum atomic E-state index is -4.62. The zero-order valence-corrected chi connectivity index (χ0v) is 11.3. The summed E-state index contributed by atoms with van der Waals surface area (Å²) >= 11 is 0. The lowest BCUT2D eigenvalue weighted by molar-refractivity contribution is -0.137. The molecule has 116 valence electrons. The van der Waals surface area contributed by atoms with Crippen molar-refractivity contribution < 1.29 is 27.5 Å². The van der Waals surface area contributed by atoms with Gasteiger partial charge in [-0.15, -0.1) is 0 Å². The molecule has 0 aliphatic carbocycles. The number of carbonyl (C=O) groups is 2. The van der Waals surface area contributed by atoms with Crippen LogP contribution < -0.4 is 10.6 Å². The van der Waals surface area contributed by atoms with E-state index in [1.165, 1.54) is 12.1 Å². The fourth-order valence-corrected chi connectivity index (χ4v) is 1.69. The molecule has 0 aromatic heterocycles. The number of amides is 1. The normalized spacial score (nSPS) is 12.6. The zero-order chi connectivity index (χ0) is 16.0. The second kappa shape index (κ2) is 7.07. The number of rotatable bonds is 5. The van der Waals surface area contributed by atoms with Gasteiger partial charge in [-0.2, -0.15) is 13.2 Å². The van der Waals surface area contributed by atoms with Gasteiger partial charge in [-0.05, 0) is 18.6 Å². The third-order valence-corrected chi connectivity index (χ3v) is 2.54. The van der Waals surface area contributed by atoms with Gasteiger partial charge in [0.05, 0.1) is 11.3 Å². The molecular weight excluding hydrogens is 289 g/mol.